The standard InChI is InChI=1S/C19H21N/c1-3-18-19(14-15(2)20-18,16-10-6-4-7-11-16)17-12-8-5-9-13-17/h4-13,15H,3,14H2,1-2H3/t15-/m1/s1. The van der Waals surface area contributed by atoms with Gasteiger partial charge in [0.15, 0.2) is 0 Å². The maximum atomic E-state index is 4.93. The molecule has 0 N–H and O–H groups in total. The molecule has 2 aromatic carbocycles. The van der Waals surface area contributed by atoms with E-state index in [0.29, 0.717) is 6.04 Å². The predicted molar refractivity (Wildman–Crippen MR) is 85.5 cm³/mol. The Morgan fingerprint density at radius 1 is 0.950 bits per heavy atom. The van der Waals surface area contributed by atoms with E-state index in [0.717, 1.165) is 12.8 Å². The second-order valence-corrected chi connectivity index (χ2v) is 5.62. The zero-order valence-corrected chi connectivity index (χ0v) is 12.2. The zero-order valence-electron chi connectivity index (χ0n) is 12.2. The average Bonchev–Trinajstić information content (AvgIpc) is 2.87. The highest BCUT2D eigenvalue weighted by Crippen LogP contribution is 2.43. The van der Waals surface area contributed by atoms with Gasteiger partial charge in [-0.05, 0) is 30.9 Å². The highest BCUT2D eigenvalue weighted by atomic mass is 14.9. The van der Waals surface area contributed by atoms with Gasteiger partial charge in [0, 0.05) is 11.8 Å². The molecule has 20 heavy (non-hydrogen) atoms. The molecule has 0 fully saturated rings. The minimum Gasteiger partial charge on any atom is -0.290 e. The van der Waals surface area contributed by atoms with Crippen LogP contribution in [0.4, 0.5) is 0 Å². The second kappa shape index (κ2) is 5.24. The first-order valence-corrected chi connectivity index (χ1v) is 7.45. The third kappa shape index (κ3) is 1.98. The Morgan fingerprint density at radius 2 is 1.45 bits per heavy atom. The summed E-state index contributed by atoms with van der Waals surface area (Å²) in [5.41, 5.74) is 4.03. The summed E-state index contributed by atoms with van der Waals surface area (Å²) in [7, 11) is 0. The summed E-state index contributed by atoms with van der Waals surface area (Å²) in [5.74, 6) is 0. The van der Waals surface area contributed by atoms with Crippen LogP contribution < -0.4 is 0 Å². The van der Waals surface area contributed by atoms with Crippen LogP contribution in [0.25, 0.3) is 0 Å². The fourth-order valence-electron chi connectivity index (χ4n) is 3.56. The zero-order chi connectivity index (χ0) is 14.0. The van der Waals surface area contributed by atoms with Gasteiger partial charge in [-0.15, -0.1) is 0 Å². The van der Waals surface area contributed by atoms with E-state index in [4.69, 9.17) is 4.99 Å². The normalized spacial score (nSPS) is 20.7. The lowest BCUT2D eigenvalue weighted by molar-refractivity contribution is 0.591. The van der Waals surface area contributed by atoms with E-state index in [1.54, 1.807) is 0 Å². The first kappa shape index (κ1) is 13.1. The quantitative estimate of drug-likeness (QED) is 0.766. The molecule has 0 radical (unpaired) electrons. The van der Waals surface area contributed by atoms with Crippen LogP contribution in [-0.4, -0.2) is 11.8 Å². The maximum absolute atomic E-state index is 4.93. The molecule has 0 unspecified atom stereocenters. The molecule has 1 nitrogen and oxygen atoms in total. The van der Waals surface area contributed by atoms with Crippen molar-refractivity contribution in [2.45, 2.75) is 38.1 Å². The molecule has 3 rings (SSSR count). The number of hydrogen-bond donors (Lipinski definition) is 0. The summed E-state index contributed by atoms with van der Waals surface area (Å²) >= 11 is 0. The molecule has 1 heteroatoms. The monoisotopic (exact) mass is 263 g/mol. The molecule has 0 spiro atoms. The molecule has 0 amide bonds. The molecule has 0 saturated heterocycles. The fraction of sp³-hybridized carbons (Fsp3) is 0.316. The van der Waals surface area contributed by atoms with Crippen LogP contribution in [0.1, 0.15) is 37.8 Å². The van der Waals surface area contributed by atoms with Gasteiger partial charge in [0.25, 0.3) is 0 Å². The topological polar surface area (TPSA) is 12.4 Å². The fourth-order valence-corrected chi connectivity index (χ4v) is 3.56. The Labute approximate surface area is 121 Å². The molecule has 2 aromatic rings. The minimum atomic E-state index is -0.0311. The van der Waals surface area contributed by atoms with Gasteiger partial charge in [0.1, 0.15) is 0 Å². The van der Waals surface area contributed by atoms with E-state index >= 15 is 0 Å². The van der Waals surface area contributed by atoms with E-state index in [2.05, 4.69) is 74.5 Å². The molecule has 0 saturated carbocycles. The van der Waals surface area contributed by atoms with E-state index < -0.39 is 0 Å². The number of benzene rings is 2. The van der Waals surface area contributed by atoms with Crippen molar-refractivity contribution < 1.29 is 0 Å². The van der Waals surface area contributed by atoms with Gasteiger partial charge in [0.2, 0.25) is 0 Å². The maximum Gasteiger partial charge on any atom is 0.0600 e. The largest absolute Gasteiger partial charge is 0.290 e. The summed E-state index contributed by atoms with van der Waals surface area (Å²) < 4.78 is 0. The van der Waals surface area contributed by atoms with Crippen molar-refractivity contribution in [1.82, 2.24) is 0 Å². The Morgan fingerprint density at radius 3 is 1.90 bits per heavy atom. The summed E-state index contributed by atoms with van der Waals surface area (Å²) in [6, 6.07) is 22.1. The van der Waals surface area contributed by atoms with E-state index in [-0.39, 0.29) is 5.41 Å². The lowest BCUT2D eigenvalue weighted by Gasteiger charge is -2.32. The van der Waals surface area contributed by atoms with Crippen LogP contribution in [0.3, 0.4) is 0 Å². The van der Waals surface area contributed by atoms with E-state index in [9.17, 15) is 0 Å². The first-order valence-electron chi connectivity index (χ1n) is 7.45. The molecule has 1 atom stereocenters. The smallest absolute Gasteiger partial charge is 0.0600 e. The van der Waals surface area contributed by atoms with Gasteiger partial charge in [-0.2, -0.15) is 0 Å². The van der Waals surface area contributed by atoms with Crippen LogP contribution in [0.5, 0.6) is 0 Å². The number of rotatable bonds is 3. The molecule has 0 bridgehead atoms. The van der Waals surface area contributed by atoms with Gasteiger partial charge in [-0.25, -0.2) is 0 Å². The van der Waals surface area contributed by atoms with Gasteiger partial charge < -0.3 is 0 Å². The third-order valence-corrected chi connectivity index (χ3v) is 4.34. The summed E-state index contributed by atoms with van der Waals surface area (Å²) in [5, 5.41) is 0. The molecular formula is C19H21N. The Bertz CT molecular complexity index is 559. The van der Waals surface area contributed by atoms with Crippen molar-refractivity contribution in [1.29, 1.82) is 0 Å². The van der Waals surface area contributed by atoms with Gasteiger partial charge in [0.05, 0.1) is 5.41 Å². The molecule has 0 aliphatic carbocycles. The van der Waals surface area contributed by atoms with Crippen molar-refractivity contribution in [3.8, 4) is 0 Å². The van der Waals surface area contributed by atoms with Crippen LogP contribution in [0.15, 0.2) is 65.7 Å². The summed E-state index contributed by atoms with van der Waals surface area (Å²) in [6.07, 6.45) is 2.08. The highest BCUT2D eigenvalue weighted by molar-refractivity contribution is 5.99. The van der Waals surface area contributed by atoms with Crippen molar-refractivity contribution >= 4 is 5.71 Å². The summed E-state index contributed by atoms with van der Waals surface area (Å²) in [6.45, 7) is 4.45. The summed E-state index contributed by atoms with van der Waals surface area (Å²) in [4.78, 5) is 4.93. The SMILES string of the molecule is CCC1=N[C@H](C)CC1(c1ccccc1)c1ccccc1. The molecule has 102 valence electrons. The highest BCUT2D eigenvalue weighted by Gasteiger charge is 2.43. The van der Waals surface area contributed by atoms with Crippen molar-refractivity contribution in [2.24, 2.45) is 4.99 Å². The lowest BCUT2D eigenvalue weighted by Crippen LogP contribution is -2.34. The van der Waals surface area contributed by atoms with Crippen LogP contribution in [0, 0.1) is 0 Å². The number of nitrogens with zero attached hydrogens (tertiary/aromatic N) is 1. The number of hydrogen-bond acceptors (Lipinski definition) is 1. The molecule has 0 aromatic heterocycles. The predicted octanol–water partition coefficient (Wildman–Crippen LogP) is 4.62. The lowest BCUT2D eigenvalue weighted by atomic mass is 9.68. The molecule has 1 heterocycles. The van der Waals surface area contributed by atoms with E-state index in [1.807, 2.05) is 0 Å². The van der Waals surface area contributed by atoms with Gasteiger partial charge in [-0.3, -0.25) is 4.99 Å². The van der Waals surface area contributed by atoms with Crippen LogP contribution in [0.2, 0.25) is 0 Å². The number of aliphatic imine (C=N–C) groups is 1. The van der Waals surface area contributed by atoms with E-state index in [1.165, 1.54) is 16.8 Å². The van der Waals surface area contributed by atoms with Gasteiger partial charge >= 0.3 is 0 Å². The van der Waals surface area contributed by atoms with Crippen molar-refractivity contribution in [2.75, 3.05) is 0 Å². The first-order chi connectivity index (χ1) is 9.77. The average molecular weight is 263 g/mol. The van der Waals surface area contributed by atoms with Crippen molar-refractivity contribution in [3.63, 3.8) is 0 Å². The molecule has 1 aliphatic rings. The second-order valence-electron chi connectivity index (χ2n) is 5.62. The Kier molecular flexibility index (Phi) is 3.43. The Hall–Kier alpha value is -1.89. The van der Waals surface area contributed by atoms with Crippen LogP contribution in [-0.2, 0) is 5.41 Å². The minimum absolute atomic E-state index is 0.0311. The molecule has 1 aliphatic heterocycles. The Balaban J connectivity index is 2.22. The van der Waals surface area contributed by atoms with Crippen LogP contribution >= 0.6 is 0 Å². The third-order valence-electron chi connectivity index (χ3n) is 4.34. The van der Waals surface area contributed by atoms with Crippen molar-refractivity contribution in [3.05, 3.63) is 71.8 Å². The molecular weight excluding hydrogens is 242 g/mol. The van der Waals surface area contributed by atoms with Gasteiger partial charge in [-0.1, -0.05) is 67.6 Å².